The molecule has 1 aliphatic rings. The van der Waals surface area contributed by atoms with E-state index in [0.717, 1.165) is 10.5 Å². The maximum atomic E-state index is 14.0. The summed E-state index contributed by atoms with van der Waals surface area (Å²) in [4.78, 5) is 55.0. The van der Waals surface area contributed by atoms with E-state index >= 15 is 0 Å². The zero-order chi connectivity index (χ0) is 31.3. The Morgan fingerprint density at radius 2 is 1.60 bits per heavy atom. The second kappa shape index (κ2) is 12.6. The van der Waals surface area contributed by atoms with E-state index in [4.69, 9.17) is 20.6 Å². The van der Waals surface area contributed by atoms with Crippen LogP contribution < -0.4 is 20.5 Å². The average molecular weight is 588 g/mol. The third kappa shape index (κ3) is 6.43. The predicted octanol–water partition coefficient (Wildman–Crippen LogP) is 3.00. The van der Waals surface area contributed by atoms with Crippen molar-refractivity contribution in [2.75, 3.05) is 20.8 Å². The molecule has 4 amide bonds. The van der Waals surface area contributed by atoms with Crippen LogP contribution in [-0.4, -0.2) is 65.3 Å². The molecule has 0 bridgehead atoms. The number of methoxy groups -OCH3 is 2. The van der Waals surface area contributed by atoms with E-state index < -0.39 is 48.4 Å². The molecule has 43 heavy (non-hydrogen) atoms. The Labute approximate surface area is 248 Å². The first-order valence-electron chi connectivity index (χ1n) is 13.3. The number of nitrogens with one attached hydrogen (secondary N) is 2. The number of benzene rings is 3. The minimum atomic E-state index is -1.48. The minimum absolute atomic E-state index is 0.0831. The molecule has 4 rings (SSSR count). The van der Waals surface area contributed by atoms with Gasteiger partial charge in [-0.25, -0.2) is 4.79 Å². The zero-order valence-electron chi connectivity index (χ0n) is 24.0. The number of urea groups is 1. The molecule has 0 aromatic heterocycles. The Morgan fingerprint density at radius 3 is 2.14 bits per heavy atom. The van der Waals surface area contributed by atoms with Gasteiger partial charge < -0.3 is 30.5 Å². The fraction of sp³-hybridized carbons (Fsp3) is 0.258. The van der Waals surface area contributed by atoms with E-state index in [2.05, 4.69) is 5.32 Å². The molecule has 12 nitrogen and oxygen atoms in total. The number of hydrogen-bond acceptors (Lipinski definition) is 7. The van der Waals surface area contributed by atoms with Gasteiger partial charge in [-0.2, -0.15) is 0 Å². The van der Waals surface area contributed by atoms with Gasteiger partial charge in [-0.05, 0) is 35.7 Å². The van der Waals surface area contributed by atoms with Crippen LogP contribution in [0.3, 0.4) is 0 Å². The van der Waals surface area contributed by atoms with Crippen molar-refractivity contribution in [3.8, 4) is 11.5 Å². The second-order valence-corrected chi connectivity index (χ2v) is 10.2. The highest BCUT2D eigenvalue weighted by molar-refractivity contribution is 6.09. The number of amides is 4. The summed E-state index contributed by atoms with van der Waals surface area (Å²) in [6.45, 7) is 1.05. The largest absolute Gasteiger partial charge is 0.497 e. The number of rotatable bonds is 12. The summed E-state index contributed by atoms with van der Waals surface area (Å²) in [6, 6.07) is 18.6. The molecule has 3 aromatic rings. The van der Waals surface area contributed by atoms with Gasteiger partial charge in [-0.1, -0.05) is 54.6 Å². The van der Waals surface area contributed by atoms with Crippen LogP contribution in [0.15, 0.2) is 72.8 Å². The molecule has 5 N–H and O–H groups in total. The van der Waals surface area contributed by atoms with Crippen molar-refractivity contribution in [1.82, 2.24) is 15.1 Å². The van der Waals surface area contributed by atoms with E-state index in [9.17, 15) is 24.3 Å². The number of carboxylic acid groups (broad SMARTS) is 1. The van der Waals surface area contributed by atoms with E-state index in [0.29, 0.717) is 28.2 Å². The summed E-state index contributed by atoms with van der Waals surface area (Å²) in [7, 11) is 2.89. The molecule has 0 spiro atoms. The normalized spacial score (nSPS) is 17.0. The quantitative estimate of drug-likeness (QED) is 0.142. The van der Waals surface area contributed by atoms with Crippen LogP contribution in [0.4, 0.5) is 4.79 Å². The summed E-state index contributed by atoms with van der Waals surface area (Å²) >= 11 is 0. The SMILES string of the molecule is COc1cc(OC)cc([C@H](CC(=O)O)NC(=O)CN2C(=O)N(Cc3ccccc3)[C@@](C)(c3ccc(C(=N)N)cc3)C2=O)c1. The first kappa shape index (κ1) is 30.6. The smallest absolute Gasteiger partial charge is 0.328 e. The zero-order valence-corrected chi connectivity index (χ0v) is 24.0. The van der Waals surface area contributed by atoms with Crippen LogP contribution in [0, 0.1) is 5.41 Å². The first-order valence-corrected chi connectivity index (χ1v) is 13.3. The Kier molecular flexibility index (Phi) is 8.98. The van der Waals surface area contributed by atoms with Crippen LogP contribution in [0.2, 0.25) is 0 Å². The van der Waals surface area contributed by atoms with Crippen molar-refractivity contribution in [3.63, 3.8) is 0 Å². The number of nitrogens with two attached hydrogens (primary N) is 1. The lowest BCUT2D eigenvalue weighted by molar-refractivity contribution is -0.139. The molecule has 1 saturated heterocycles. The van der Waals surface area contributed by atoms with E-state index in [1.807, 2.05) is 30.3 Å². The van der Waals surface area contributed by atoms with Crippen molar-refractivity contribution in [2.45, 2.75) is 31.5 Å². The predicted molar refractivity (Wildman–Crippen MR) is 157 cm³/mol. The highest BCUT2D eigenvalue weighted by Gasteiger charge is 2.55. The van der Waals surface area contributed by atoms with Crippen molar-refractivity contribution in [2.24, 2.45) is 5.73 Å². The fourth-order valence-corrected chi connectivity index (χ4v) is 5.03. The highest BCUT2D eigenvalue weighted by atomic mass is 16.5. The van der Waals surface area contributed by atoms with Crippen LogP contribution >= 0.6 is 0 Å². The van der Waals surface area contributed by atoms with Crippen molar-refractivity contribution in [3.05, 3.63) is 95.1 Å². The summed E-state index contributed by atoms with van der Waals surface area (Å²) in [5.74, 6) is -1.88. The Hall–Kier alpha value is -5.39. The standard InChI is InChI=1S/C31H33N5O7/c1-31(22-11-9-20(10-12-22)28(32)33)29(40)35(30(41)36(31)17-19-7-5-4-6-8-19)18-26(37)34-25(16-27(38)39)21-13-23(42-2)15-24(14-21)43-3/h4-15,25H,16-18H2,1-3H3,(H3,32,33)(H,34,37)(H,38,39)/t25-,31-/m0/s1. The molecule has 3 aromatic carbocycles. The Balaban J connectivity index is 1.65. The molecule has 0 saturated carbocycles. The monoisotopic (exact) mass is 587 g/mol. The van der Waals surface area contributed by atoms with Crippen molar-refractivity contribution in [1.29, 1.82) is 5.41 Å². The van der Waals surface area contributed by atoms with E-state index in [1.165, 1.54) is 19.1 Å². The van der Waals surface area contributed by atoms with Gasteiger partial charge in [0.05, 0.1) is 26.7 Å². The van der Waals surface area contributed by atoms with Gasteiger partial charge in [0.1, 0.15) is 29.4 Å². The number of nitrogens with zero attached hydrogens (tertiary/aromatic N) is 2. The van der Waals surface area contributed by atoms with Crippen LogP contribution in [0.5, 0.6) is 11.5 Å². The number of carbonyl (C=O) groups is 4. The number of hydrogen-bond donors (Lipinski definition) is 4. The average Bonchev–Trinajstić information content (AvgIpc) is 3.17. The molecular formula is C31H33N5O7. The van der Waals surface area contributed by atoms with Crippen LogP contribution in [0.1, 0.15) is 41.6 Å². The Morgan fingerprint density at radius 1 is 1.00 bits per heavy atom. The third-order valence-corrected chi connectivity index (χ3v) is 7.40. The third-order valence-electron chi connectivity index (χ3n) is 7.40. The van der Waals surface area contributed by atoms with Crippen molar-refractivity contribution >= 4 is 29.7 Å². The van der Waals surface area contributed by atoms with Gasteiger partial charge >= 0.3 is 12.0 Å². The molecule has 1 fully saturated rings. The number of nitrogen functional groups attached to an aromatic ring is 1. The number of aliphatic carboxylic acids is 1. The van der Waals surface area contributed by atoms with Gasteiger partial charge in [-0.15, -0.1) is 0 Å². The number of amidine groups is 1. The van der Waals surface area contributed by atoms with Gasteiger partial charge in [0.25, 0.3) is 5.91 Å². The summed E-state index contributed by atoms with van der Waals surface area (Å²) in [5.41, 5.74) is 6.22. The molecule has 12 heteroatoms. The highest BCUT2D eigenvalue weighted by Crippen LogP contribution is 2.38. The van der Waals surface area contributed by atoms with Gasteiger partial charge in [-0.3, -0.25) is 24.7 Å². The molecule has 0 radical (unpaired) electrons. The van der Waals surface area contributed by atoms with Gasteiger partial charge in [0.15, 0.2) is 0 Å². The molecule has 0 aliphatic carbocycles. The van der Waals surface area contributed by atoms with Crippen molar-refractivity contribution < 1.29 is 33.8 Å². The maximum Gasteiger partial charge on any atom is 0.328 e. The van der Waals surface area contributed by atoms with E-state index in [1.54, 1.807) is 49.4 Å². The topological polar surface area (TPSA) is 175 Å². The number of imide groups is 1. The molecular weight excluding hydrogens is 554 g/mol. The summed E-state index contributed by atoms with van der Waals surface area (Å²) in [5, 5.41) is 19.9. The first-order chi connectivity index (χ1) is 20.5. The second-order valence-electron chi connectivity index (χ2n) is 10.2. The molecule has 1 heterocycles. The fourth-order valence-electron chi connectivity index (χ4n) is 5.03. The van der Waals surface area contributed by atoms with E-state index in [-0.39, 0.29) is 12.4 Å². The molecule has 0 unspecified atom stereocenters. The summed E-state index contributed by atoms with van der Waals surface area (Å²) < 4.78 is 10.6. The van der Waals surface area contributed by atoms with Crippen LogP contribution in [0.25, 0.3) is 0 Å². The summed E-state index contributed by atoms with van der Waals surface area (Å²) in [6.07, 6.45) is -0.468. The minimum Gasteiger partial charge on any atom is -0.497 e. The Bertz CT molecular complexity index is 1520. The lowest BCUT2D eigenvalue weighted by atomic mass is 9.89. The molecule has 2 atom stereocenters. The number of ether oxygens (including phenoxy) is 2. The maximum absolute atomic E-state index is 14.0. The van der Waals surface area contributed by atoms with Gasteiger partial charge in [0.2, 0.25) is 5.91 Å². The number of carboxylic acids is 1. The molecule has 1 aliphatic heterocycles. The lowest BCUT2D eigenvalue weighted by Crippen LogP contribution is -2.44. The van der Waals surface area contributed by atoms with Crippen LogP contribution in [-0.2, 0) is 26.5 Å². The lowest BCUT2D eigenvalue weighted by Gasteiger charge is -2.32. The molecule has 224 valence electrons. The number of carbonyl (C=O) groups excluding carboxylic acids is 3. The van der Waals surface area contributed by atoms with Gasteiger partial charge in [0, 0.05) is 18.2 Å².